The van der Waals surface area contributed by atoms with Gasteiger partial charge in [0, 0.05) is 6.08 Å². The first-order chi connectivity index (χ1) is 4.91. The van der Waals surface area contributed by atoms with E-state index in [0.717, 1.165) is 0 Å². The Bertz CT molecular complexity index is 351. The summed E-state index contributed by atoms with van der Waals surface area (Å²) in [5.74, 6) is -1.94. The van der Waals surface area contributed by atoms with E-state index in [1.807, 2.05) is 0 Å². The lowest BCUT2D eigenvalue weighted by Gasteiger charge is -1.91. The molecule has 0 atom stereocenters. The van der Waals surface area contributed by atoms with E-state index in [1.54, 1.807) is 5.32 Å². The summed E-state index contributed by atoms with van der Waals surface area (Å²) in [4.78, 5) is 19.9. The van der Waals surface area contributed by atoms with Gasteiger partial charge in [0.25, 0.3) is 21.9 Å². The SMILES string of the molecule is O=C1C=C(S(=O)(=O)O)C(=O)N1. The van der Waals surface area contributed by atoms with E-state index < -0.39 is 26.8 Å². The van der Waals surface area contributed by atoms with Crippen LogP contribution in [0.15, 0.2) is 11.0 Å². The summed E-state index contributed by atoms with van der Waals surface area (Å²) in [6.07, 6.45) is 0.525. The van der Waals surface area contributed by atoms with Crippen LogP contribution < -0.4 is 5.32 Å². The number of nitrogens with one attached hydrogen (secondary N) is 1. The summed E-state index contributed by atoms with van der Waals surface area (Å²) in [7, 11) is -4.56. The molecule has 0 unspecified atom stereocenters. The molecule has 1 heterocycles. The molecule has 1 rings (SSSR count). The maximum atomic E-state index is 10.5. The first-order valence-corrected chi connectivity index (χ1v) is 3.90. The van der Waals surface area contributed by atoms with E-state index in [-0.39, 0.29) is 0 Å². The van der Waals surface area contributed by atoms with E-state index in [9.17, 15) is 18.0 Å². The Morgan fingerprint density at radius 1 is 1.36 bits per heavy atom. The average Bonchev–Trinajstić information content (AvgIpc) is 2.08. The molecular formula is C4H3NO5S. The Kier molecular flexibility index (Phi) is 1.53. The molecule has 0 bridgehead atoms. The molecule has 6 nitrogen and oxygen atoms in total. The maximum Gasteiger partial charge on any atom is 0.300 e. The molecule has 0 aromatic rings. The van der Waals surface area contributed by atoms with Crippen LogP contribution in [-0.2, 0) is 19.7 Å². The van der Waals surface area contributed by atoms with E-state index in [1.165, 1.54) is 0 Å². The van der Waals surface area contributed by atoms with Crippen molar-refractivity contribution in [3.05, 3.63) is 11.0 Å². The fourth-order valence-electron chi connectivity index (χ4n) is 0.586. The number of amides is 2. The lowest BCUT2D eigenvalue weighted by atomic mass is 10.6. The fraction of sp³-hybridized carbons (Fsp3) is 0. The number of rotatable bonds is 1. The number of hydrogen-bond donors (Lipinski definition) is 2. The minimum Gasteiger partial charge on any atom is -0.288 e. The van der Waals surface area contributed by atoms with Gasteiger partial charge in [0.05, 0.1) is 0 Å². The lowest BCUT2D eigenvalue weighted by Crippen LogP contribution is -2.24. The van der Waals surface area contributed by atoms with Gasteiger partial charge in [0.1, 0.15) is 0 Å². The van der Waals surface area contributed by atoms with Crippen molar-refractivity contribution in [3.63, 3.8) is 0 Å². The highest BCUT2D eigenvalue weighted by atomic mass is 32.2. The van der Waals surface area contributed by atoms with Gasteiger partial charge < -0.3 is 0 Å². The number of hydrogen-bond acceptors (Lipinski definition) is 4. The number of imide groups is 1. The molecule has 7 heteroatoms. The second-order valence-electron chi connectivity index (χ2n) is 1.80. The summed E-state index contributed by atoms with van der Waals surface area (Å²) in [6.45, 7) is 0. The van der Waals surface area contributed by atoms with Crippen molar-refractivity contribution in [2.45, 2.75) is 0 Å². The Morgan fingerprint density at radius 2 is 1.91 bits per heavy atom. The predicted octanol–water partition coefficient (Wildman–Crippen LogP) is -1.59. The highest BCUT2D eigenvalue weighted by Gasteiger charge is 2.30. The lowest BCUT2D eigenvalue weighted by molar-refractivity contribution is -0.123. The van der Waals surface area contributed by atoms with Gasteiger partial charge in [-0.2, -0.15) is 8.42 Å². The molecular weight excluding hydrogens is 174 g/mol. The van der Waals surface area contributed by atoms with Crippen molar-refractivity contribution in [1.82, 2.24) is 5.32 Å². The zero-order valence-corrected chi connectivity index (χ0v) is 5.88. The van der Waals surface area contributed by atoms with Crippen molar-refractivity contribution < 1.29 is 22.6 Å². The molecule has 60 valence electrons. The molecule has 0 saturated carbocycles. The monoisotopic (exact) mass is 177 g/mol. The third-order valence-corrected chi connectivity index (χ3v) is 1.86. The minimum atomic E-state index is -4.56. The largest absolute Gasteiger partial charge is 0.300 e. The predicted molar refractivity (Wildman–Crippen MR) is 32.8 cm³/mol. The molecule has 1 aliphatic rings. The Labute approximate surface area is 61.6 Å². The third-order valence-electron chi connectivity index (χ3n) is 1.00. The first kappa shape index (κ1) is 7.89. The molecule has 11 heavy (non-hydrogen) atoms. The van der Waals surface area contributed by atoms with Crippen LogP contribution in [0, 0.1) is 0 Å². The van der Waals surface area contributed by atoms with Gasteiger partial charge in [-0.3, -0.25) is 19.5 Å². The van der Waals surface area contributed by atoms with Crippen LogP contribution >= 0.6 is 0 Å². The molecule has 1 aliphatic heterocycles. The van der Waals surface area contributed by atoms with Crippen molar-refractivity contribution >= 4 is 21.9 Å². The molecule has 0 aliphatic carbocycles. The van der Waals surface area contributed by atoms with Gasteiger partial charge in [0.2, 0.25) is 0 Å². The van der Waals surface area contributed by atoms with Gasteiger partial charge in [-0.25, -0.2) is 0 Å². The summed E-state index contributed by atoms with van der Waals surface area (Å²) in [6, 6.07) is 0. The van der Waals surface area contributed by atoms with Crippen LogP contribution in [0.3, 0.4) is 0 Å². The van der Waals surface area contributed by atoms with Crippen LogP contribution in [0.5, 0.6) is 0 Å². The van der Waals surface area contributed by atoms with Gasteiger partial charge in [-0.05, 0) is 0 Å². The molecule has 0 aromatic carbocycles. The molecule has 2 N–H and O–H groups in total. The fourth-order valence-corrected chi connectivity index (χ4v) is 1.13. The van der Waals surface area contributed by atoms with E-state index in [4.69, 9.17) is 4.55 Å². The topological polar surface area (TPSA) is 101 Å². The van der Waals surface area contributed by atoms with E-state index >= 15 is 0 Å². The minimum absolute atomic E-state index is 0.525. The summed E-state index contributed by atoms with van der Waals surface area (Å²) in [5, 5.41) is 1.66. The number of carbonyl (C=O) groups is 2. The van der Waals surface area contributed by atoms with Gasteiger partial charge >= 0.3 is 0 Å². The summed E-state index contributed by atoms with van der Waals surface area (Å²) in [5.41, 5.74) is 0. The Balaban J connectivity index is 3.18. The zero-order valence-electron chi connectivity index (χ0n) is 5.07. The maximum absolute atomic E-state index is 10.5. The van der Waals surface area contributed by atoms with Crippen molar-refractivity contribution in [2.75, 3.05) is 0 Å². The van der Waals surface area contributed by atoms with Crippen molar-refractivity contribution in [2.24, 2.45) is 0 Å². The highest BCUT2D eigenvalue weighted by Crippen LogP contribution is 2.08. The zero-order chi connectivity index (χ0) is 8.65. The van der Waals surface area contributed by atoms with E-state index in [2.05, 4.69) is 0 Å². The van der Waals surface area contributed by atoms with Crippen molar-refractivity contribution in [1.29, 1.82) is 0 Å². The summed E-state index contributed by atoms with van der Waals surface area (Å²) >= 11 is 0. The van der Waals surface area contributed by atoms with Crippen molar-refractivity contribution in [3.8, 4) is 0 Å². The Hall–Kier alpha value is -1.21. The molecule has 0 radical (unpaired) electrons. The first-order valence-electron chi connectivity index (χ1n) is 2.46. The number of carbonyl (C=O) groups excluding carboxylic acids is 2. The molecule has 0 aromatic heterocycles. The normalized spacial score (nSPS) is 18.1. The molecule has 0 fully saturated rings. The van der Waals surface area contributed by atoms with Gasteiger partial charge in [0.15, 0.2) is 4.91 Å². The third kappa shape index (κ3) is 1.44. The van der Waals surface area contributed by atoms with Gasteiger partial charge in [-0.1, -0.05) is 0 Å². The average molecular weight is 177 g/mol. The quantitative estimate of drug-likeness (QED) is 0.371. The van der Waals surface area contributed by atoms with Crippen LogP contribution in [0.1, 0.15) is 0 Å². The van der Waals surface area contributed by atoms with E-state index in [0.29, 0.717) is 6.08 Å². The van der Waals surface area contributed by atoms with Crippen LogP contribution in [0.4, 0.5) is 0 Å². The van der Waals surface area contributed by atoms with Crippen LogP contribution in [0.2, 0.25) is 0 Å². The Morgan fingerprint density at radius 3 is 2.09 bits per heavy atom. The molecule has 0 spiro atoms. The summed E-state index contributed by atoms with van der Waals surface area (Å²) < 4.78 is 28.8. The van der Waals surface area contributed by atoms with Crippen LogP contribution in [-0.4, -0.2) is 24.8 Å². The highest BCUT2D eigenvalue weighted by molar-refractivity contribution is 7.91. The second-order valence-corrected chi connectivity index (χ2v) is 3.19. The van der Waals surface area contributed by atoms with Crippen LogP contribution in [0.25, 0.3) is 0 Å². The standard InChI is InChI=1S/C4H3NO5S/c6-3-1-2(4(7)5-3)11(8,9)10/h1H,(H,5,6,7)(H,8,9,10). The smallest absolute Gasteiger partial charge is 0.288 e. The molecule has 2 amide bonds. The molecule has 0 saturated heterocycles. The van der Waals surface area contributed by atoms with Gasteiger partial charge in [-0.15, -0.1) is 0 Å². The second kappa shape index (κ2) is 2.14.